The summed E-state index contributed by atoms with van der Waals surface area (Å²) in [6.45, 7) is 1.98. The van der Waals surface area contributed by atoms with Crippen molar-refractivity contribution in [3.63, 3.8) is 0 Å². The monoisotopic (exact) mass is 424 g/mol. The van der Waals surface area contributed by atoms with Gasteiger partial charge in [-0.15, -0.1) is 11.3 Å². The number of fused-ring (bicyclic) bond motifs is 1. The number of methoxy groups -OCH3 is 1. The van der Waals surface area contributed by atoms with E-state index in [1.807, 2.05) is 29.6 Å². The van der Waals surface area contributed by atoms with Gasteiger partial charge in [0.2, 0.25) is 0 Å². The summed E-state index contributed by atoms with van der Waals surface area (Å²) in [5.74, 6) is -0.105. The number of anilines is 1. The predicted molar refractivity (Wildman–Crippen MR) is 115 cm³/mol. The third kappa shape index (κ3) is 3.46. The van der Waals surface area contributed by atoms with Gasteiger partial charge in [0.1, 0.15) is 22.0 Å². The summed E-state index contributed by atoms with van der Waals surface area (Å²) >= 11 is 1.28. The van der Waals surface area contributed by atoms with Gasteiger partial charge in [0.25, 0.3) is 5.91 Å². The van der Waals surface area contributed by atoms with Gasteiger partial charge in [-0.1, -0.05) is 12.1 Å². The fourth-order valence-electron chi connectivity index (χ4n) is 3.27. The Labute approximate surface area is 176 Å². The van der Waals surface area contributed by atoms with E-state index in [0.29, 0.717) is 33.2 Å². The maximum atomic E-state index is 12.9. The lowest BCUT2D eigenvalue weighted by molar-refractivity contribution is 0.0529. The Kier molecular flexibility index (Phi) is 5.33. The molecule has 8 heteroatoms. The standard InChI is InChI=1S/C22H20N2O5S/c1-4-28-22(26)19-15(13-5-7-14(27-3)8-6-13)12-30-21(19)23-20(25)17-11-18-16(24(17)2)9-10-29-18/h5-12H,4H2,1-3H3,(H,23,25). The summed E-state index contributed by atoms with van der Waals surface area (Å²) in [4.78, 5) is 25.6. The van der Waals surface area contributed by atoms with Gasteiger partial charge in [-0.25, -0.2) is 4.79 Å². The molecule has 30 heavy (non-hydrogen) atoms. The van der Waals surface area contributed by atoms with Crippen molar-refractivity contribution in [1.82, 2.24) is 4.57 Å². The van der Waals surface area contributed by atoms with E-state index in [0.717, 1.165) is 11.1 Å². The molecule has 0 aliphatic carbocycles. The minimum absolute atomic E-state index is 0.234. The second kappa shape index (κ2) is 8.08. The number of aromatic nitrogens is 1. The van der Waals surface area contributed by atoms with Gasteiger partial charge >= 0.3 is 5.97 Å². The lowest BCUT2D eigenvalue weighted by atomic mass is 10.0. The van der Waals surface area contributed by atoms with Crippen molar-refractivity contribution in [2.75, 3.05) is 19.0 Å². The molecule has 4 rings (SSSR count). The third-order valence-electron chi connectivity index (χ3n) is 4.80. The molecule has 0 saturated carbocycles. The molecular weight excluding hydrogens is 404 g/mol. The summed E-state index contributed by atoms with van der Waals surface area (Å²) < 4.78 is 17.6. The molecule has 0 bridgehead atoms. The number of benzene rings is 1. The summed E-state index contributed by atoms with van der Waals surface area (Å²) in [5, 5.41) is 5.13. The first-order valence-corrected chi connectivity index (χ1v) is 10.2. The molecule has 0 atom stereocenters. The first kappa shape index (κ1) is 19.8. The van der Waals surface area contributed by atoms with Gasteiger partial charge in [-0.2, -0.15) is 0 Å². The maximum Gasteiger partial charge on any atom is 0.341 e. The number of aryl methyl sites for hydroxylation is 1. The number of thiophene rings is 1. The fourth-order valence-corrected chi connectivity index (χ4v) is 4.23. The maximum absolute atomic E-state index is 12.9. The van der Waals surface area contributed by atoms with Gasteiger partial charge < -0.3 is 23.8 Å². The highest BCUT2D eigenvalue weighted by Crippen LogP contribution is 2.37. The third-order valence-corrected chi connectivity index (χ3v) is 5.69. The van der Waals surface area contributed by atoms with Crippen molar-refractivity contribution in [3.05, 3.63) is 59.3 Å². The molecule has 1 amide bonds. The Morgan fingerprint density at radius 2 is 1.97 bits per heavy atom. The number of esters is 1. The van der Waals surface area contributed by atoms with Gasteiger partial charge in [-0.3, -0.25) is 4.79 Å². The number of ether oxygens (including phenoxy) is 2. The number of carbonyl (C=O) groups is 2. The first-order chi connectivity index (χ1) is 14.5. The second-order valence-corrected chi connectivity index (χ2v) is 7.39. The highest BCUT2D eigenvalue weighted by atomic mass is 32.1. The van der Waals surface area contributed by atoms with Crippen LogP contribution in [0.3, 0.4) is 0 Å². The molecule has 0 saturated heterocycles. The Morgan fingerprint density at radius 3 is 2.63 bits per heavy atom. The number of furan rings is 1. The number of rotatable bonds is 6. The summed E-state index contributed by atoms with van der Waals surface area (Å²) in [6, 6.07) is 10.8. The smallest absolute Gasteiger partial charge is 0.341 e. The SMILES string of the molecule is CCOC(=O)c1c(-c2ccc(OC)cc2)csc1NC(=O)c1cc2occc2n1C. The van der Waals surface area contributed by atoms with Gasteiger partial charge in [-0.05, 0) is 24.6 Å². The largest absolute Gasteiger partial charge is 0.497 e. The zero-order valence-electron chi connectivity index (χ0n) is 16.7. The number of hydrogen-bond donors (Lipinski definition) is 1. The Balaban J connectivity index is 1.70. The van der Waals surface area contributed by atoms with Crippen LogP contribution in [-0.2, 0) is 11.8 Å². The van der Waals surface area contributed by atoms with Crippen molar-refractivity contribution in [2.45, 2.75) is 6.92 Å². The molecule has 0 aliphatic heterocycles. The van der Waals surface area contributed by atoms with Crippen molar-refractivity contribution >= 4 is 39.3 Å². The first-order valence-electron chi connectivity index (χ1n) is 9.30. The number of hydrogen-bond acceptors (Lipinski definition) is 6. The van der Waals surface area contributed by atoms with E-state index >= 15 is 0 Å². The number of nitrogens with zero attached hydrogens (tertiary/aromatic N) is 1. The number of nitrogens with one attached hydrogen (secondary N) is 1. The Hall–Kier alpha value is -3.52. The molecule has 0 fully saturated rings. The van der Waals surface area contributed by atoms with E-state index < -0.39 is 5.97 Å². The lowest BCUT2D eigenvalue weighted by Gasteiger charge is -2.09. The van der Waals surface area contributed by atoms with Crippen LogP contribution in [-0.4, -0.2) is 30.2 Å². The van der Waals surface area contributed by atoms with E-state index in [-0.39, 0.29) is 12.5 Å². The molecule has 0 aliphatic rings. The lowest BCUT2D eigenvalue weighted by Crippen LogP contribution is -2.17. The molecule has 0 unspecified atom stereocenters. The van der Waals surface area contributed by atoms with Crippen LogP contribution in [0.15, 0.2) is 52.5 Å². The fraction of sp³-hybridized carbons (Fsp3) is 0.182. The highest BCUT2D eigenvalue weighted by Gasteiger charge is 2.24. The predicted octanol–water partition coefficient (Wildman–Crippen LogP) is 4.94. The molecule has 3 aromatic heterocycles. The molecule has 1 aromatic carbocycles. The van der Waals surface area contributed by atoms with Crippen LogP contribution in [0.2, 0.25) is 0 Å². The number of carbonyl (C=O) groups excluding carboxylic acids is 2. The minimum Gasteiger partial charge on any atom is -0.497 e. The van der Waals surface area contributed by atoms with Gasteiger partial charge in [0, 0.05) is 30.1 Å². The van der Waals surface area contributed by atoms with Crippen LogP contribution < -0.4 is 10.1 Å². The van der Waals surface area contributed by atoms with E-state index in [1.165, 1.54) is 11.3 Å². The topological polar surface area (TPSA) is 82.7 Å². The molecule has 0 radical (unpaired) electrons. The molecule has 7 nitrogen and oxygen atoms in total. The van der Waals surface area contributed by atoms with Crippen LogP contribution in [0.4, 0.5) is 5.00 Å². The van der Waals surface area contributed by atoms with Crippen LogP contribution in [0.5, 0.6) is 5.75 Å². The van der Waals surface area contributed by atoms with Gasteiger partial charge in [0.15, 0.2) is 5.58 Å². The van der Waals surface area contributed by atoms with Gasteiger partial charge in [0.05, 0.1) is 25.5 Å². The van der Waals surface area contributed by atoms with E-state index in [2.05, 4.69) is 5.32 Å². The molecule has 0 spiro atoms. The average molecular weight is 424 g/mol. The summed E-state index contributed by atoms with van der Waals surface area (Å²) in [7, 11) is 3.38. The molecule has 4 aromatic rings. The molecule has 154 valence electrons. The molecular formula is C22H20N2O5S. The summed E-state index contributed by atoms with van der Waals surface area (Å²) in [5.41, 5.74) is 3.72. The molecule has 1 N–H and O–H groups in total. The van der Waals surface area contributed by atoms with Crippen molar-refractivity contribution in [3.8, 4) is 16.9 Å². The van der Waals surface area contributed by atoms with Crippen LogP contribution in [0.25, 0.3) is 22.2 Å². The van der Waals surface area contributed by atoms with Crippen LogP contribution in [0, 0.1) is 0 Å². The zero-order chi connectivity index (χ0) is 21.3. The highest BCUT2D eigenvalue weighted by molar-refractivity contribution is 7.15. The number of amides is 1. The Bertz CT molecular complexity index is 1220. The normalized spacial score (nSPS) is 10.9. The van der Waals surface area contributed by atoms with E-state index in [4.69, 9.17) is 13.9 Å². The summed E-state index contributed by atoms with van der Waals surface area (Å²) in [6.07, 6.45) is 1.58. The van der Waals surface area contributed by atoms with E-state index in [1.54, 1.807) is 44.0 Å². The van der Waals surface area contributed by atoms with Crippen LogP contribution in [0.1, 0.15) is 27.8 Å². The van der Waals surface area contributed by atoms with E-state index in [9.17, 15) is 9.59 Å². The minimum atomic E-state index is -0.486. The van der Waals surface area contributed by atoms with Crippen molar-refractivity contribution in [2.24, 2.45) is 7.05 Å². The van der Waals surface area contributed by atoms with Crippen molar-refractivity contribution in [1.29, 1.82) is 0 Å². The Morgan fingerprint density at radius 1 is 1.20 bits per heavy atom. The van der Waals surface area contributed by atoms with Crippen LogP contribution >= 0.6 is 11.3 Å². The molecule has 3 heterocycles. The average Bonchev–Trinajstić information content (AvgIpc) is 3.45. The quantitative estimate of drug-likeness (QED) is 0.444. The van der Waals surface area contributed by atoms with Crippen molar-refractivity contribution < 1.29 is 23.5 Å². The second-order valence-electron chi connectivity index (χ2n) is 6.52. The zero-order valence-corrected chi connectivity index (χ0v) is 17.5.